The van der Waals surface area contributed by atoms with Crippen molar-refractivity contribution in [2.75, 3.05) is 11.9 Å². The number of halogens is 2. The van der Waals surface area contributed by atoms with Crippen LogP contribution in [-0.4, -0.2) is 16.9 Å². The molecule has 2 nitrogen and oxygen atoms in total. The molecule has 0 aliphatic heterocycles. The van der Waals surface area contributed by atoms with Crippen LogP contribution in [-0.2, 0) is 0 Å². The summed E-state index contributed by atoms with van der Waals surface area (Å²) in [5.41, 5.74) is 0.954. The standard InChI is InChI=1S/C11H16Cl2N2/c1-11(2,3)10(13)7-15-9-4-5-14-6-8(9)12/h4-6,10H,7H2,1-3H3,(H,14,15). The van der Waals surface area contributed by atoms with Crippen molar-refractivity contribution in [3.05, 3.63) is 23.5 Å². The first-order chi connectivity index (χ1) is 6.91. The van der Waals surface area contributed by atoms with Crippen molar-refractivity contribution in [3.8, 4) is 0 Å². The first kappa shape index (κ1) is 12.6. The van der Waals surface area contributed by atoms with E-state index in [9.17, 15) is 0 Å². The van der Waals surface area contributed by atoms with Crippen LogP contribution >= 0.6 is 23.2 Å². The summed E-state index contributed by atoms with van der Waals surface area (Å²) < 4.78 is 0. The summed E-state index contributed by atoms with van der Waals surface area (Å²) in [5.74, 6) is 0. The van der Waals surface area contributed by atoms with E-state index in [1.807, 2.05) is 6.07 Å². The molecule has 0 aliphatic carbocycles. The Kier molecular flexibility index (Phi) is 4.23. The summed E-state index contributed by atoms with van der Waals surface area (Å²) in [5, 5.41) is 3.89. The van der Waals surface area contributed by atoms with Crippen molar-refractivity contribution in [1.82, 2.24) is 4.98 Å². The van der Waals surface area contributed by atoms with Gasteiger partial charge in [-0.3, -0.25) is 4.98 Å². The third-order valence-electron chi connectivity index (χ3n) is 2.18. The normalized spacial score (nSPS) is 13.7. The number of rotatable bonds is 3. The van der Waals surface area contributed by atoms with Gasteiger partial charge in [-0.15, -0.1) is 11.6 Å². The molecule has 4 heteroatoms. The summed E-state index contributed by atoms with van der Waals surface area (Å²) in [7, 11) is 0. The Bertz CT molecular complexity index is 321. The van der Waals surface area contributed by atoms with Crippen molar-refractivity contribution in [2.24, 2.45) is 5.41 Å². The lowest BCUT2D eigenvalue weighted by Gasteiger charge is -2.25. The van der Waals surface area contributed by atoms with Crippen molar-refractivity contribution >= 4 is 28.9 Å². The van der Waals surface area contributed by atoms with Gasteiger partial charge in [0.05, 0.1) is 16.1 Å². The number of alkyl halides is 1. The Balaban J connectivity index is 2.55. The van der Waals surface area contributed by atoms with Gasteiger partial charge >= 0.3 is 0 Å². The van der Waals surface area contributed by atoms with E-state index in [0.29, 0.717) is 11.6 Å². The summed E-state index contributed by atoms with van der Waals surface area (Å²) in [4.78, 5) is 3.92. The smallest absolute Gasteiger partial charge is 0.0820 e. The topological polar surface area (TPSA) is 24.9 Å². The van der Waals surface area contributed by atoms with Crippen LogP contribution in [0.5, 0.6) is 0 Å². The highest BCUT2D eigenvalue weighted by Gasteiger charge is 2.21. The zero-order valence-corrected chi connectivity index (χ0v) is 10.7. The Morgan fingerprint density at radius 3 is 2.67 bits per heavy atom. The number of nitrogens with one attached hydrogen (secondary N) is 1. The van der Waals surface area contributed by atoms with E-state index in [1.54, 1.807) is 12.4 Å². The summed E-state index contributed by atoms with van der Waals surface area (Å²) >= 11 is 12.2. The third kappa shape index (κ3) is 3.88. The maximum Gasteiger partial charge on any atom is 0.0820 e. The zero-order valence-electron chi connectivity index (χ0n) is 9.22. The fraction of sp³-hybridized carbons (Fsp3) is 0.545. The Hall–Kier alpha value is -0.470. The van der Waals surface area contributed by atoms with Gasteiger partial charge in [-0.1, -0.05) is 32.4 Å². The van der Waals surface area contributed by atoms with E-state index in [-0.39, 0.29) is 10.8 Å². The first-order valence-corrected chi connectivity index (χ1v) is 5.70. The largest absolute Gasteiger partial charge is 0.382 e. The molecule has 84 valence electrons. The highest BCUT2D eigenvalue weighted by atomic mass is 35.5. The van der Waals surface area contributed by atoms with Crippen molar-refractivity contribution in [3.63, 3.8) is 0 Å². The molecule has 0 saturated carbocycles. The second-order valence-corrected chi connectivity index (χ2v) is 5.50. The monoisotopic (exact) mass is 246 g/mol. The SMILES string of the molecule is CC(C)(C)C(Cl)CNc1ccncc1Cl. The lowest BCUT2D eigenvalue weighted by Crippen LogP contribution is -2.28. The molecule has 0 bridgehead atoms. The van der Waals surface area contributed by atoms with Gasteiger partial charge < -0.3 is 5.32 Å². The predicted molar refractivity (Wildman–Crippen MR) is 66.8 cm³/mol. The van der Waals surface area contributed by atoms with Gasteiger partial charge in [-0.2, -0.15) is 0 Å². The molecule has 1 aromatic rings. The van der Waals surface area contributed by atoms with E-state index in [4.69, 9.17) is 23.2 Å². The van der Waals surface area contributed by atoms with E-state index in [1.165, 1.54) is 0 Å². The fourth-order valence-corrected chi connectivity index (χ4v) is 1.29. The molecule has 0 aromatic carbocycles. The molecule has 15 heavy (non-hydrogen) atoms. The molecule has 1 N–H and O–H groups in total. The van der Waals surface area contributed by atoms with Gasteiger partial charge in [0.15, 0.2) is 0 Å². The molecule has 1 atom stereocenters. The van der Waals surface area contributed by atoms with Crippen molar-refractivity contribution in [1.29, 1.82) is 0 Å². The van der Waals surface area contributed by atoms with Crippen LogP contribution in [0.2, 0.25) is 5.02 Å². The van der Waals surface area contributed by atoms with Crippen LogP contribution in [0.25, 0.3) is 0 Å². The van der Waals surface area contributed by atoms with E-state index < -0.39 is 0 Å². The van der Waals surface area contributed by atoms with Crippen LogP contribution in [0.15, 0.2) is 18.5 Å². The number of nitrogens with zero attached hydrogens (tertiary/aromatic N) is 1. The minimum absolute atomic E-state index is 0.0572. The number of pyridine rings is 1. The second-order valence-electron chi connectivity index (χ2n) is 4.57. The van der Waals surface area contributed by atoms with E-state index in [2.05, 4.69) is 31.1 Å². The van der Waals surface area contributed by atoms with Gasteiger partial charge in [0.1, 0.15) is 0 Å². The number of hydrogen-bond donors (Lipinski definition) is 1. The minimum atomic E-state index is 0.0572. The Morgan fingerprint density at radius 2 is 2.13 bits per heavy atom. The summed E-state index contributed by atoms with van der Waals surface area (Å²) in [6.45, 7) is 7.02. The molecule has 1 rings (SSSR count). The molecule has 0 saturated heterocycles. The van der Waals surface area contributed by atoms with Gasteiger partial charge in [0, 0.05) is 18.9 Å². The maximum absolute atomic E-state index is 6.24. The van der Waals surface area contributed by atoms with Gasteiger partial charge in [0.25, 0.3) is 0 Å². The lowest BCUT2D eigenvalue weighted by atomic mass is 9.92. The van der Waals surface area contributed by atoms with Gasteiger partial charge in [0.2, 0.25) is 0 Å². The predicted octanol–water partition coefficient (Wildman–Crippen LogP) is 3.80. The number of aromatic nitrogens is 1. The van der Waals surface area contributed by atoms with Crippen molar-refractivity contribution < 1.29 is 0 Å². The summed E-state index contributed by atoms with van der Waals surface area (Å²) in [6, 6.07) is 1.84. The van der Waals surface area contributed by atoms with Crippen LogP contribution in [0.3, 0.4) is 0 Å². The second kappa shape index (κ2) is 5.04. The zero-order chi connectivity index (χ0) is 11.5. The average molecular weight is 247 g/mol. The lowest BCUT2D eigenvalue weighted by molar-refractivity contribution is 0.397. The molecule has 0 aliphatic rings. The molecular weight excluding hydrogens is 231 g/mol. The van der Waals surface area contributed by atoms with Gasteiger partial charge in [-0.05, 0) is 11.5 Å². The molecule has 0 spiro atoms. The van der Waals surface area contributed by atoms with E-state index >= 15 is 0 Å². The number of anilines is 1. The van der Waals surface area contributed by atoms with Crippen LogP contribution in [0.4, 0.5) is 5.69 Å². The maximum atomic E-state index is 6.24. The fourth-order valence-electron chi connectivity index (χ4n) is 1.02. The van der Waals surface area contributed by atoms with Crippen LogP contribution in [0, 0.1) is 5.41 Å². The molecule has 1 unspecified atom stereocenters. The third-order valence-corrected chi connectivity index (χ3v) is 3.29. The molecule has 0 amide bonds. The molecular formula is C11H16Cl2N2. The highest BCUT2D eigenvalue weighted by Crippen LogP contribution is 2.26. The van der Waals surface area contributed by atoms with Gasteiger partial charge in [-0.25, -0.2) is 0 Å². The highest BCUT2D eigenvalue weighted by molar-refractivity contribution is 6.33. The Morgan fingerprint density at radius 1 is 1.47 bits per heavy atom. The molecule has 1 aromatic heterocycles. The quantitative estimate of drug-likeness (QED) is 0.821. The molecule has 0 radical (unpaired) electrons. The summed E-state index contributed by atoms with van der Waals surface area (Å²) in [6.07, 6.45) is 3.32. The first-order valence-electron chi connectivity index (χ1n) is 4.88. The van der Waals surface area contributed by atoms with Crippen molar-refractivity contribution in [2.45, 2.75) is 26.1 Å². The molecule has 1 heterocycles. The molecule has 0 fully saturated rings. The number of hydrogen-bond acceptors (Lipinski definition) is 2. The van der Waals surface area contributed by atoms with Crippen LogP contribution < -0.4 is 5.32 Å². The minimum Gasteiger partial charge on any atom is -0.382 e. The van der Waals surface area contributed by atoms with E-state index in [0.717, 1.165) is 5.69 Å². The average Bonchev–Trinajstić information content (AvgIpc) is 2.14. The van der Waals surface area contributed by atoms with Crippen LogP contribution in [0.1, 0.15) is 20.8 Å². The Labute approximate surface area is 101 Å².